The van der Waals surface area contributed by atoms with Crippen LogP contribution >= 0.6 is 0 Å². The van der Waals surface area contributed by atoms with Crippen LogP contribution in [0.15, 0.2) is 30.3 Å². The van der Waals surface area contributed by atoms with Crippen LogP contribution in [0.25, 0.3) is 0 Å². The maximum Gasteiger partial charge on any atom is 0.236 e. The Morgan fingerprint density at radius 2 is 2.05 bits per heavy atom. The Kier molecular flexibility index (Phi) is 4.78. The minimum absolute atomic E-state index is 0.0948. The molecule has 3 unspecified atom stereocenters. The fourth-order valence-corrected chi connectivity index (χ4v) is 2.70. The van der Waals surface area contributed by atoms with Crippen molar-refractivity contribution in [1.82, 2.24) is 9.80 Å². The van der Waals surface area contributed by atoms with Crippen molar-refractivity contribution in [2.45, 2.75) is 25.9 Å². The van der Waals surface area contributed by atoms with E-state index < -0.39 is 0 Å². The zero-order chi connectivity index (χ0) is 14.7. The van der Waals surface area contributed by atoms with Crippen molar-refractivity contribution in [3.63, 3.8) is 0 Å². The van der Waals surface area contributed by atoms with Crippen LogP contribution < -0.4 is 5.73 Å². The third-order valence-corrected chi connectivity index (χ3v) is 4.36. The van der Waals surface area contributed by atoms with Gasteiger partial charge in [-0.25, -0.2) is 0 Å². The van der Waals surface area contributed by atoms with Crippen LogP contribution in [0.4, 0.5) is 0 Å². The summed E-state index contributed by atoms with van der Waals surface area (Å²) in [5, 5.41) is 0. The minimum Gasteiger partial charge on any atom is -0.338 e. The van der Waals surface area contributed by atoms with Crippen LogP contribution in [-0.4, -0.2) is 48.4 Å². The molecule has 0 aromatic heterocycles. The van der Waals surface area contributed by atoms with Crippen LogP contribution in [0.3, 0.4) is 0 Å². The summed E-state index contributed by atoms with van der Waals surface area (Å²) < 4.78 is 0. The zero-order valence-electron chi connectivity index (χ0n) is 12.6. The van der Waals surface area contributed by atoms with Crippen molar-refractivity contribution in [2.75, 3.05) is 26.7 Å². The smallest absolute Gasteiger partial charge is 0.236 e. The van der Waals surface area contributed by atoms with Gasteiger partial charge in [-0.3, -0.25) is 9.69 Å². The first-order valence-corrected chi connectivity index (χ1v) is 7.27. The second kappa shape index (κ2) is 6.37. The first-order chi connectivity index (χ1) is 9.49. The number of likely N-dealkylation sites (N-methyl/N-ethyl adjacent to an activating group) is 1. The summed E-state index contributed by atoms with van der Waals surface area (Å²) in [5.74, 6) is 0.627. The molecule has 0 aliphatic carbocycles. The highest BCUT2D eigenvalue weighted by atomic mass is 16.2. The molecule has 4 heteroatoms. The molecule has 4 nitrogen and oxygen atoms in total. The Hall–Kier alpha value is -1.39. The average Bonchev–Trinajstić information content (AvgIpc) is 2.76. The molecule has 0 radical (unpaired) electrons. The summed E-state index contributed by atoms with van der Waals surface area (Å²) in [6, 6.07) is 10.4. The number of amides is 1. The number of hydrogen-bond acceptors (Lipinski definition) is 3. The average molecular weight is 275 g/mol. The monoisotopic (exact) mass is 275 g/mol. The van der Waals surface area contributed by atoms with Gasteiger partial charge in [0, 0.05) is 26.2 Å². The molecule has 3 atom stereocenters. The van der Waals surface area contributed by atoms with E-state index >= 15 is 0 Å². The van der Waals surface area contributed by atoms with Gasteiger partial charge in [-0.15, -0.1) is 0 Å². The van der Waals surface area contributed by atoms with Gasteiger partial charge in [-0.1, -0.05) is 37.3 Å². The van der Waals surface area contributed by atoms with Gasteiger partial charge in [-0.05, 0) is 18.4 Å². The van der Waals surface area contributed by atoms with E-state index in [0.29, 0.717) is 12.5 Å². The number of rotatable bonds is 4. The highest BCUT2D eigenvalue weighted by Gasteiger charge is 2.29. The van der Waals surface area contributed by atoms with E-state index in [1.54, 1.807) is 0 Å². The van der Waals surface area contributed by atoms with Crippen LogP contribution in [0.5, 0.6) is 0 Å². The Morgan fingerprint density at radius 3 is 2.60 bits per heavy atom. The normalized spacial score (nSPS) is 24.6. The molecular formula is C16H25N3O. The van der Waals surface area contributed by atoms with Crippen molar-refractivity contribution >= 4 is 5.91 Å². The molecule has 1 heterocycles. The molecule has 1 aromatic carbocycles. The summed E-state index contributed by atoms with van der Waals surface area (Å²) in [4.78, 5) is 16.4. The van der Waals surface area contributed by atoms with Crippen molar-refractivity contribution in [3.05, 3.63) is 35.9 Å². The third-order valence-electron chi connectivity index (χ3n) is 4.36. The standard InChI is InChI=1S/C16H25N3O/c1-12-9-19(10-15(12)17)11-16(20)18(3)13(2)14-7-5-4-6-8-14/h4-8,12-13,15H,9-11,17H2,1-3H3. The van der Waals surface area contributed by atoms with E-state index in [2.05, 4.69) is 30.9 Å². The zero-order valence-corrected chi connectivity index (χ0v) is 12.6. The predicted molar refractivity (Wildman–Crippen MR) is 81.2 cm³/mol. The van der Waals surface area contributed by atoms with Gasteiger partial charge < -0.3 is 10.6 Å². The van der Waals surface area contributed by atoms with E-state index in [4.69, 9.17) is 5.73 Å². The molecule has 110 valence electrons. The summed E-state index contributed by atoms with van der Waals surface area (Å²) in [7, 11) is 1.87. The Labute approximate surface area is 121 Å². The van der Waals surface area contributed by atoms with Crippen LogP contribution in [-0.2, 0) is 4.79 Å². The minimum atomic E-state index is 0.0948. The molecule has 1 aliphatic heterocycles. The Balaban J connectivity index is 1.92. The SMILES string of the molecule is CC1CN(CC(=O)N(C)C(C)c2ccccc2)CC1N. The fourth-order valence-electron chi connectivity index (χ4n) is 2.70. The van der Waals surface area contributed by atoms with Crippen molar-refractivity contribution in [2.24, 2.45) is 11.7 Å². The number of carbonyl (C=O) groups is 1. The molecule has 20 heavy (non-hydrogen) atoms. The summed E-state index contributed by atoms with van der Waals surface area (Å²) in [6.45, 7) is 6.41. The van der Waals surface area contributed by atoms with Gasteiger partial charge >= 0.3 is 0 Å². The summed E-state index contributed by atoms with van der Waals surface area (Å²) >= 11 is 0. The lowest BCUT2D eigenvalue weighted by molar-refractivity contribution is -0.132. The molecule has 2 rings (SSSR count). The summed E-state index contributed by atoms with van der Waals surface area (Å²) in [5.41, 5.74) is 7.17. The Morgan fingerprint density at radius 1 is 1.40 bits per heavy atom. The predicted octanol–water partition coefficient (Wildman–Crippen LogP) is 1.49. The molecule has 0 spiro atoms. The number of likely N-dealkylation sites (tertiary alicyclic amines) is 1. The van der Waals surface area contributed by atoms with E-state index in [9.17, 15) is 4.79 Å². The number of hydrogen-bond donors (Lipinski definition) is 1. The molecule has 1 fully saturated rings. The topological polar surface area (TPSA) is 49.6 Å². The van der Waals surface area contributed by atoms with Gasteiger partial charge in [0.1, 0.15) is 0 Å². The highest BCUT2D eigenvalue weighted by Crippen LogP contribution is 2.19. The molecule has 1 saturated heterocycles. The maximum atomic E-state index is 12.4. The van der Waals surface area contributed by atoms with Crippen molar-refractivity contribution < 1.29 is 4.79 Å². The number of benzene rings is 1. The van der Waals surface area contributed by atoms with E-state index in [1.807, 2.05) is 30.1 Å². The summed E-state index contributed by atoms with van der Waals surface area (Å²) in [6.07, 6.45) is 0. The van der Waals surface area contributed by atoms with Gasteiger partial charge in [0.2, 0.25) is 5.91 Å². The molecule has 1 aromatic rings. The quantitative estimate of drug-likeness (QED) is 0.905. The molecular weight excluding hydrogens is 250 g/mol. The van der Waals surface area contributed by atoms with Gasteiger partial charge in [0.05, 0.1) is 12.6 Å². The first kappa shape index (κ1) is 15.0. The molecule has 1 aliphatic rings. The Bertz CT molecular complexity index is 438. The first-order valence-electron chi connectivity index (χ1n) is 7.27. The van der Waals surface area contributed by atoms with Gasteiger partial charge in [-0.2, -0.15) is 0 Å². The van der Waals surface area contributed by atoms with Gasteiger partial charge in [0.15, 0.2) is 0 Å². The highest BCUT2D eigenvalue weighted by molar-refractivity contribution is 5.78. The van der Waals surface area contributed by atoms with Crippen LogP contribution in [0.2, 0.25) is 0 Å². The lowest BCUT2D eigenvalue weighted by Crippen LogP contribution is -2.39. The molecule has 1 amide bonds. The number of nitrogens with zero attached hydrogens (tertiary/aromatic N) is 2. The maximum absolute atomic E-state index is 12.4. The second-order valence-corrected chi connectivity index (χ2v) is 5.93. The van der Waals surface area contributed by atoms with Crippen molar-refractivity contribution in [3.8, 4) is 0 Å². The molecule has 0 bridgehead atoms. The number of carbonyl (C=O) groups excluding carboxylic acids is 1. The van der Waals surface area contributed by atoms with E-state index in [0.717, 1.165) is 18.7 Å². The van der Waals surface area contributed by atoms with Crippen molar-refractivity contribution in [1.29, 1.82) is 0 Å². The molecule has 0 saturated carbocycles. The lowest BCUT2D eigenvalue weighted by atomic mass is 10.1. The number of nitrogens with two attached hydrogens (primary N) is 1. The molecule has 2 N–H and O–H groups in total. The van der Waals surface area contributed by atoms with Crippen LogP contribution in [0, 0.1) is 5.92 Å². The lowest BCUT2D eigenvalue weighted by Gasteiger charge is -2.27. The van der Waals surface area contributed by atoms with E-state index in [-0.39, 0.29) is 18.0 Å². The van der Waals surface area contributed by atoms with Gasteiger partial charge in [0.25, 0.3) is 0 Å². The largest absolute Gasteiger partial charge is 0.338 e. The van der Waals surface area contributed by atoms with E-state index in [1.165, 1.54) is 0 Å². The van der Waals surface area contributed by atoms with Crippen LogP contribution in [0.1, 0.15) is 25.5 Å². The second-order valence-electron chi connectivity index (χ2n) is 5.93. The third kappa shape index (κ3) is 3.38. The fraction of sp³-hybridized carbons (Fsp3) is 0.562.